The maximum absolute atomic E-state index is 13.4. The third-order valence-electron chi connectivity index (χ3n) is 4.59. The fraction of sp³-hybridized carbons (Fsp3) is 0.250. The number of aryl methyl sites for hydroxylation is 1. The van der Waals surface area contributed by atoms with Gasteiger partial charge >= 0.3 is 6.29 Å². The van der Waals surface area contributed by atoms with E-state index in [2.05, 4.69) is 19.8 Å². The SMILES string of the molecule is Cc1cccc(CNC(=O)c2cn(CCN)c3cc4c(cc3c2=O)OC(F)(F)O4)n1. The molecule has 0 radical (unpaired) electrons. The van der Waals surface area contributed by atoms with E-state index < -0.39 is 17.6 Å². The van der Waals surface area contributed by atoms with Gasteiger partial charge in [0.05, 0.1) is 23.1 Å². The molecule has 3 aromatic rings. The first-order valence-corrected chi connectivity index (χ1v) is 9.15. The number of nitrogens with two attached hydrogens (primary N) is 1. The van der Waals surface area contributed by atoms with E-state index in [1.54, 1.807) is 10.6 Å². The second-order valence-electron chi connectivity index (χ2n) is 6.79. The quantitative estimate of drug-likeness (QED) is 0.658. The zero-order valence-electron chi connectivity index (χ0n) is 15.9. The first kappa shape index (κ1) is 19.8. The molecular weight excluding hydrogens is 398 g/mol. The third-order valence-corrected chi connectivity index (χ3v) is 4.59. The van der Waals surface area contributed by atoms with Crippen molar-refractivity contribution >= 4 is 16.8 Å². The highest BCUT2D eigenvalue weighted by Crippen LogP contribution is 2.42. The lowest BCUT2D eigenvalue weighted by Crippen LogP contribution is -2.30. The largest absolute Gasteiger partial charge is 0.586 e. The standard InChI is InChI=1S/C20H18F2N4O4/c1-11-3-2-4-12(25-11)9-24-19(28)14-10-26(6-5-23)15-8-17-16(7-13(15)18(14)27)29-20(21,22)30-17/h2-4,7-8,10H,5-6,9,23H2,1H3,(H,24,28). The van der Waals surface area contributed by atoms with E-state index in [-0.39, 0.29) is 42.1 Å². The molecule has 1 aliphatic rings. The summed E-state index contributed by atoms with van der Waals surface area (Å²) in [6.07, 6.45) is -2.46. The van der Waals surface area contributed by atoms with Gasteiger partial charge in [-0.3, -0.25) is 14.6 Å². The topological polar surface area (TPSA) is 108 Å². The average molecular weight is 416 g/mol. The molecule has 0 spiro atoms. The molecule has 1 aliphatic heterocycles. The number of pyridine rings is 2. The molecule has 0 atom stereocenters. The number of halogens is 2. The Bertz CT molecular complexity index is 1210. The number of hydrogen-bond acceptors (Lipinski definition) is 6. The van der Waals surface area contributed by atoms with Crippen LogP contribution in [0.1, 0.15) is 21.7 Å². The van der Waals surface area contributed by atoms with Gasteiger partial charge < -0.3 is 25.1 Å². The summed E-state index contributed by atoms with van der Waals surface area (Å²) in [6.45, 7) is 2.42. The fourth-order valence-corrected chi connectivity index (χ4v) is 3.28. The third kappa shape index (κ3) is 3.69. The summed E-state index contributed by atoms with van der Waals surface area (Å²) >= 11 is 0. The van der Waals surface area contributed by atoms with Crippen molar-refractivity contribution in [3.8, 4) is 11.5 Å². The van der Waals surface area contributed by atoms with Crippen LogP contribution < -0.4 is 26.0 Å². The van der Waals surface area contributed by atoms with Crippen LogP contribution in [0.15, 0.2) is 41.3 Å². The minimum Gasteiger partial charge on any atom is -0.395 e. The first-order chi connectivity index (χ1) is 14.3. The van der Waals surface area contributed by atoms with Crippen LogP contribution in [0.25, 0.3) is 10.9 Å². The Morgan fingerprint density at radius 2 is 2.00 bits per heavy atom. The number of aromatic nitrogens is 2. The zero-order chi connectivity index (χ0) is 21.5. The van der Waals surface area contributed by atoms with Crippen molar-refractivity contribution in [1.82, 2.24) is 14.9 Å². The number of carbonyl (C=O) groups is 1. The van der Waals surface area contributed by atoms with Gasteiger partial charge in [-0.05, 0) is 25.1 Å². The second-order valence-corrected chi connectivity index (χ2v) is 6.79. The molecule has 0 fully saturated rings. The Kier molecular flexibility index (Phi) is 4.86. The maximum Gasteiger partial charge on any atom is 0.586 e. The highest BCUT2D eigenvalue weighted by atomic mass is 19.3. The summed E-state index contributed by atoms with van der Waals surface area (Å²) in [5, 5.41) is 2.71. The van der Waals surface area contributed by atoms with Crippen LogP contribution in [0, 0.1) is 6.92 Å². The minimum absolute atomic E-state index is 0.0461. The molecule has 0 aliphatic carbocycles. The van der Waals surface area contributed by atoms with Crippen molar-refractivity contribution in [3.05, 3.63) is 63.7 Å². The van der Waals surface area contributed by atoms with Gasteiger partial charge in [0, 0.05) is 31.0 Å². The number of fused-ring (bicyclic) bond motifs is 2. The van der Waals surface area contributed by atoms with Gasteiger partial charge in [-0.2, -0.15) is 0 Å². The number of carbonyl (C=O) groups excluding carboxylic acids is 1. The van der Waals surface area contributed by atoms with E-state index in [1.165, 1.54) is 12.3 Å². The lowest BCUT2D eigenvalue weighted by molar-refractivity contribution is -0.286. The van der Waals surface area contributed by atoms with Gasteiger partial charge in [-0.25, -0.2) is 0 Å². The molecular formula is C20H18F2N4O4. The number of nitrogens with zero attached hydrogens (tertiary/aromatic N) is 2. The minimum atomic E-state index is -3.82. The molecule has 8 nitrogen and oxygen atoms in total. The van der Waals surface area contributed by atoms with E-state index in [0.717, 1.165) is 11.8 Å². The molecule has 0 saturated carbocycles. The van der Waals surface area contributed by atoms with Crippen LogP contribution in [-0.2, 0) is 13.1 Å². The van der Waals surface area contributed by atoms with E-state index in [0.29, 0.717) is 11.2 Å². The van der Waals surface area contributed by atoms with Crippen molar-refractivity contribution in [2.45, 2.75) is 26.3 Å². The number of hydrogen-bond donors (Lipinski definition) is 2. The Labute approximate surface area is 169 Å². The molecule has 156 valence electrons. The highest BCUT2D eigenvalue weighted by molar-refractivity contribution is 5.97. The normalized spacial score (nSPS) is 14.1. The predicted molar refractivity (Wildman–Crippen MR) is 104 cm³/mol. The van der Waals surface area contributed by atoms with E-state index in [9.17, 15) is 18.4 Å². The molecule has 10 heteroatoms. The molecule has 0 unspecified atom stereocenters. The molecule has 3 heterocycles. The average Bonchev–Trinajstić information content (AvgIpc) is 3.00. The van der Waals surface area contributed by atoms with Gasteiger partial charge in [0.2, 0.25) is 5.43 Å². The second kappa shape index (κ2) is 7.38. The Morgan fingerprint density at radius 1 is 1.27 bits per heavy atom. The molecule has 1 aromatic carbocycles. The van der Waals surface area contributed by atoms with Gasteiger partial charge in [0.15, 0.2) is 11.5 Å². The number of amides is 1. The van der Waals surface area contributed by atoms with Crippen molar-refractivity contribution in [3.63, 3.8) is 0 Å². The summed E-state index contributed by atoms with van der Waals surface area (Å²) in [4.78, 5) is 29.9. The summed E-state index contributed by atoms with van der Waals surface area (Å²) in [7, 11) is 0. The lowest BCUT2D eigenvalue weighted by Gasteiger charge is -2.13. The summed E-state index contributed by atoms with van der Waals surface area (Å²) in [6, 6.07) is 7.82. The molecule has 0 bridgehead atoms. The highest BCUT2D eigenvalue weighted by Gasteiger charge is 2.43. The van der Waals surface area contributed by atoms with Gasteiger partial charge in [-0.1, -0.05) is 6.07 Å². The van der Waals surface area contributed by atoms with Crippen LogP contribution >= 0.6 is 0 Å². The van der Waals surface area contributed by atoms with E-state index >= 15 is 0 Å². The van der Waals surface area contributed by atoms with Crippen molar-refractivity contribution in [1.29, 1.82) is 0 Å². The monoisotopic (exact) mass is 416 g/mol. The van der Waals surface area contributed by atoms with Crippen LogP contribution in [0.4, 0.5) is 8.78 Å². The maximum atomic E-state index is 13.4. The fourth-order valence-electron chi connectivity index (χ4n) is 3.28. The molecule has 2 aromatic heterocycles. The van der Waals surface area contributed by atoms with Crippen LogP contribution in [0.5, 0.6) is 11.5 Å². The van der Waals surface area contributed by atoms with Gasteiger partial charge in [-0.15, -0.1) is 8.78 Å². The molecule has 0 saturated heterocycles. The summed E-state index contributed by atoms with van der Waals surface area (Å²) in [5.41, 5.74) is 6.62. The van der Waals surface area contributed by atoms with Crippen molar-refractivity contribution in [2.75, 3.05) is 6.54 Å². The lowest BCUT2D eigenvalue weighted by atomic mass is 10.1. The molecule has 4 rings (SSSR count). The van der Waals surface area contributed by atoms with Gasteiger partial charge in [0.1, 0.15) is 5.56 Å². The predicted octanol–water partition coefficient (Wildman–Crippen LogP) is 1.92. The molecule has 30 heavy (non-hydrogen) atoms. The van der Waals surface area contributed by atoms with Crippen molar-refractivity contribution in [2.24, 2.45) is 5.73 Å². The zero-order valence-corrected chi connectivity index (χ0v) is 15.9. The van der Waals surface area contributed by atoms with Gasteiger partial charge in [0.25, 0.3) is 5.91 Å². The molecule has 1 amide bonds. The van der Waals surface area contributed by atoms with Crippen LogP contribution in [0.3, 0.4) is 0 Å². The smallest absolute Gasteiger partial charge is 0.395 e. The number of rotatable bonds is 5. The van der Waals surface area contributed by atoms with E-state index in [4.69, 9.17) is 5.73 Å². The number of benzene rings is 1. The van der Waals surface area contributed by atoms with Crippen LogP contribution in [-0.4, -0.2) is 28.3 Å². The van der Waals surface area contributed by atoms with E-state index in [1.807, 2.05) is 19.1 Å². The van der Waals surface area contributed by atoms with Crippen molar-refractivity contribution < 1.29 is 23.0 Å². The summed E-state index contributed by atoms with van der Waals surface area (Å²) in [5.74, 6) is -1.08. The van der Waals surface area contributed by atoms with Crippen LogP contribution in [0.2, 0.25) is 0 Å². The summed E-state index contributed by atoms with van der Waals surface area (Å²) < 4.78 is 37.3. The Balaban J connectivity index is 1.73. The Morgan fingerprint density at radius 3 is 2.70 bits per heavy atom. The first-order valence-electron chi connectivity index (χ1n) is 9.15. The molecule has 3 N–H and O–H groups in total. The number of alkyl halides is 2. The number of ether oxygens (including phenoxy) is 2. The number of nitrogens with one attached hydrogen (secondary N) is 1. The Hall–Kier alpha value is -3.53.